The molecule has 1 aliphatic rings. The van der Waals surface area contributed by atoms with Gasteiger partial charge in [-0.2, -0.15) is 0 Å². The van der Waals surface area contributed by atoms with Crippen LogP contribution in [0, 0.1) is 5.92 Å². The molecule has 0 saturated heterocycles. The number of thioether (sulfide) groups is 1. The molecule has 1 aliphatic carbocycles. The lowest BCUT2D eigenvalue weighted by Gasteiger charge is -2.16. The van der Waals surface area contributed by atoms with Crippen molar-refractivity contribution < 1.29 is 14.7 Å². The van der Waals surface area contributed by atoms with Crippen molar-refractivity contribution in [2.75, 3.05) is 11.6 Å². The van der Waals surface area contributed by atoms with Crippen molar-refractivity contribution in [1.29, 1.82) is 0 Å². The number of urea groups is 1. The van der Waals surface area contributed by atoms with Gasteiger partial charge in [-0.25, -0.2) is 4.79 Å². The summed E-state index contributed by atoms with van der Waals surface area (Å²) in [7, 11) is 0. The van der Waals surface area contributed by atoms with Gasteiger partial charge in [0.1, 0.15) is 0 Å². The highest BCUT2D eigenvalue weighted by atomic mass is 32.2. The van der Waals surface area contributed by atoms with Gasteiger partial charge >= 0.3 is 12.0 Å². The van der Waals surface area contributed by atoms with Gasteiger partial charge in [0.05, 0.1) is 6.42 Å². The largest absolute Gasteiger partial charge is 0.481 e. The van der Waals surface area contributed by atoms with Crippen LogP contribution in [0.5, 0.6) is 0 Å². The van der Waals surface area contributed by atoms with Gasteiger partial charge in [0.2, 0.25) is 0 Å². The van der Waals surface area contributed by atoms with Gasteiger partial charge in [-0.1, -0.05) is 0 Å². The van der Waals surface area contributed by atoms with Gasteiger partial charge in [0.25, 0.3) is 0 Å². The third-order valence-electron chi connectivity index (χ3n) is 3.25. The quantitative estimate of drug-likeness (QED) is 0.705. The first kappa shape index (κ1) is 14.7. The molecule has 6 heteroatoms. The monoisotopic (exact) mass is 294 g/mol. The van der Waals surface area contributed by atoms with Crippen molar-refractivity contribution >= 4 is 29.4 Å². The second-order valence-corrected chi connectivity index (χ2v) is 5.75. The Balaban J connectivity index is 1.88. The van der Waals surface area contributed by atoms with Crippen LogP contribution in [0.1, 0.15) is 19.3 Å². The zero-order chi connectivity index (χ0) is 14.5. The summed E-state index contributed by atoms with van der Waals surface area (Å²) in [5.41, 5.74) is 0.699. The maximum Gasteiger partial charge on any atom is 0.319 e. The second-order valence-electron chi connectivity index (χ2n) is 4.87. The van der Waals surface area contributed by atoms with E-state index in [9.17, 15) is 9.59 Å². The summed E-state index contributed by atoms with van der Waals surface area (Å²) >= 11 is 1.63. The fourth-order valence-corrected chi connectivity index (χ4v) is 2.44. The van der Waals surface area contributed by atoms with Gasteiger partial charge in [-0.15, -0.1) is 11.8 Å². The number of aliphatic carboxylic acids is 1. The van der Waals surface area contributed by atoms with Crippen LogP contribution in [0.15, 0.2) is 29.2 Å². The van der Waals surface area contributed by atoms with E-state index < -0.39 is 5.97 Å². The minimum Gasteiger partial charge on any atom is -0.481 e. The molecule has 0 heterocycles. The first-order valence-electron chi connectivity index (χ1n) is 6.52. The Labute approximate surface area is 122 Å². The van der Waals surface area contributed by atoms with Crippen LogP contribution in [0.2, 0.25) is 0 Å². The van der Waals surface area contributed by atoms with Crippen LogP contribution in [0.4, 0.5) is 10.5 Å². The van der Waals surface area contributed by atoms with E-state index in [4.69, 9.17) is 5.11 Å². The molecule has 20 heavy (non-hydrogen) atoms. The van der Waals surface area contributed by atoms with Gasteiger partial charge in [-0.05, 0) is 49.3 Å². The van der Waals surface area contributed by atoms with Crippen LogP contribution < -0.4 is 10.6 Å². The number of hydrogen-bond acceptors (Lipinski definition) is 3. The van der Waals surface area contributed by atoms with E-state index in [1.54, 1.807) is 11.8 Å². The number of anilines is 1. The molecule has 2 amide bonds. The Morgan fingerprint density at radius 1 is 1.35 bits per heavy atom. The molecular formula is C14H18N2O3S. The smallest absolute Gasteiger partial charge is 0.319 e. The maximum atomic E-state index is 11.9. The van der Waals surface area contributed by atoms with E-state index in [0.29, 0.717) is 11.6 Å². The van der Waals surface area contributed by atoms with Crippen LogP contribution in [-0.2, 0) is 4.79 Å². The summed E-state index contributed by atoms with van der Waals surface area (Å²) in [6, 6.07) is 6.88. The molecule has 1 aromatic rings. The molecule has 2 rings (SSSR count). The minimum absolute atomic E-state index is 0.0243. The number of amides is 2. The summed E-state index contributed by atoms with van der Waals surface area (Å²) in [5, 5.41) is 14.3. The summed E-state index contributed by atoms with van der Waals surface area (Å²) in [6.45, 7) is 0. The first-order valence-corrected chi connectivity index (χ1v) is 7.74. The average Bonchev–Trinajstić information content (AvgIpc) is 3.22. The second kappa shape index (κ2) is 6.65. The Kier molecular flexibility index (Phi) is 4.89. The Hall–Kier alpha value is -1.69. The molecule has 0 radical (unpaired) electrons. The lowest BCUT2D eigenvalue weighted by atomic mass is 10.1. The SMILES string of the molecule is CSc1ccc(NC(=O)NC(CC(=O)O)C2CC2)cc1. The van der Waals surface area contributed by atoms with E-state index in [-0.39, 0.29) is 18.5 Å². The molecule has 1 aromatic carbocycles. The molecule has 0 bridgehead atoms. The highest BCUT2D eigenvalue weighted by Gasteiger charge is 2.33. The molecule has 1 saturated carbocycles. The molecule has 1 atom stereocenters. The Morgan fingerprint density at radius 3 is 2.50 bits per heavy atom. The van der Waals surface area contributed by atoms with Gasteiger partial charge in [-0.3, -0.25) is 4.79 Å². The van der Waals surface area contributed by atoms with Crippen LogP contribution in [-0.4, -0.2) is 29.4 Å². The summed E-state index contributed by atoms with van der Waals surface area (Å²) < 4.78 is 0. The van der Waals surface area contributed by atoms with Crippen LogP contribution in [0.25, 0.3) is 0 Å². The third kappa shape index (κ3) is 4.45. The van der Waals surface area contributed by atoms with Crippen molar-refractivity contribution in [3.63, 3.8) is 0 Å². The number of rotatable bonds is 6. The molecule has 1 unspecified atom stereocenters. The third-order valence-corrected chi connectivity index (χ3v) is 3.99. The highest BCUT2D eigenvalue weighted by Crippen LogP contribution is 2.34. The summed E-state index contributed by atoms with van der Waals surface area (Å²) in [5.74, 6) is -0.581. The van der Waals surface area contributed by atoms with Gasteiger partial charge in [0.15, 0.2) is 0 Å². The lowest BCUT2D eigenvalue weighted by Crippen LogP contribution is -2.40. The Bertz CT molecular complexity index is 486. The van der Waals surface area contributed by atoms with E-state index >= 15 is 0 Å². The molecular weight excluding hydrogens is 276 g/mol. The Morgan fingerprint density at radius 2 is 2.00 bits per heavy atom. The van der Waals surface area contributed by atoms with E-state index in [2.05, 4.69) is 10.6 Å². The van der Waals surface area contributed by atoms with E-state index in [1.807, 2.05) is 30.5 Å². The van der Waals surface area contributed by atoms with Crippen molar-refractivity contribution in [2.45, 2.75) is 30.2 Å². The standard InChI is InChI=1S/C14H18N2O3S/c1-20-11-6-4-10(5-7-11)15-14(19)16-12(8-13(17)18)9-2-3-9/h4-7,9,12H,2-3,8H2,1H3,(H,17,18)(H2,15,16,19). The number of benzene rings is 1. The van der Waals surface area contributed by atoms with Crippen LogP contribution in [0.3, 0.4) is 0 Å². The molecule has 0 spiro atoms. The molecule has 0 aromatic heterocycles. The summed E-state index contributed by atoms with van der Waals surface area (Å²) in [4.78, 5) is 23.8. The van der Waals surface area contributed by atoms with Crippen molar-refractivity contribution in [2.24, 2.45) is 5.92 Å². The normalized spacial score (nSPS) is 15.4. The topological polar surface area (TPSA) is 78.4 Å². The van der Waals surface area contributed by atoms with E-state index in [0.717, 1.165) is 17.7 Å². The zero-order valence-corrected chi connectivity index (χ0v) is 12.1. The fourth-order valence-electron chi connectivity index (χ4n) is 2.03. The lowest BCUT2D eigenvalue weighted by molar-refractivity contribution is -0.137. The highest BCUT2D eigenvalue weighted by molar-refractivity contribution is 7.98. The minimum atomic E-state index is -0.883. The summed E-state index contributed by atoms with van der Waals surface area (Å²) in [6.07, 6.45) is 3.94. The molecule has 0 aliphatic heterocycles. The maximum absolute atomic E-state index is 11.9. The number of nitrogens with one attached hydrogen (secondary N) is 2. The number of carboxylic acids is 1. The number of carboxylic acid groups (broad SMARTS) is 1. The fraction of sp³-hybridized carbons (Fsp3) is 0.429. The molecule has 1 fully saturated rings. The molecule has 5 nitrogen and oxygen atoms in total. The van der Waals surface area contributed by atoms with Crippen molar-refractivity contribution in [3.8, 4) is 0 Å². The van der Waals surface area contributed by atoms with E-state index in [1.165, 1.54) is 0 Å². The zero-order valence-electron chi connectivity index (χ0n) is 11.3. The molecule has 108 valence electrons. The number of carbonyl (C=O) groups is 2. The number of hydrogen-bond donors (Lipinski definition) is 3. The van der Waals surface area contributed by atoms with Gasteiger partial charge in [0, 0.05) is 16.6 Å². The molecule has 3 N–H and O–H groups in total. The first-order chi connectivity index (χ1) is 9.58. The predicted octanol–water partition coefficient (Wildman–Crippen LogP) is 2.78. The number of carbonyl (C=O) groups excluding carboxylic acids is 1. The predicted molar refractivity (Wildman–Crippen MR) is 79.1 cm³/mol. The van der Waals surface area contributed by atoms with Crippen molar-refractivity contribution in [3.05, 3.63) is 24.3 Å². The van der Waals surface area contributed by atoms with Crippen LogP contribution >= 0.6 is 11.8 Å². The average molecular weight is 294 g/mol. The van der Waals surface area contributed by atoms with Gasteiger partial charge < -0.3 is 15.7 Å². The van der Waals surface area contributed by atoms with Crippen molar-refractivity contribution in [1.82, 2.24) is 5.32 Å².